The fourth-order valence-electron chi connectivity index (χ4n) is 0.996. The number of fused-ring (bicyclic) bond motifs is 1. The highest BCUT2D eigenvalue weighted by molar-refractivity contribution is 14.1. The van der Waals surface area contributed by atoms with Crippen molar-refractivity contribution in [2.75, 3.05) is 18.5 Å². The Morgan fingerprint density at radius 1 is 1.55 bits per heavy atom. The van der Waals surface area contributed by atoms with Crippen LogP contribution in [0.1, 0.15) is 0 Å². The highest BCUT2D eigenvalue weighted by Crippen LogP contribution is 2.24. The summed E-state index contributed by atoms with van der Waals surface area (Å²) in [7, 11) is 0. The predicted octanol–water partition coefficient (Wildman–Crippen LogP) is 1.49. The summed E-state index contributed by atoms with van der Waals surface area (Å²) in [6, 6.07) is 3.95. The van der Waals surface area contributed by atoms with Gasteiger partial charge in [-0.15, -0.1) is 0 Å². The highest BCUT2D eigenvalue weighted by atomic mass is 127. The molecule has 1 N–H and O–H groups in total. The molecule has 0 saturated carbocycles. The minimum Gasteiger partial charge on any atom is -0.474 e. The summed E-state index contributed by atoms with van der Waals surface area (Å²) < 4.78 is 6.29. The Kier molecular flexibility index (Phi) is 1.85. The molecule has 2 heterocycles. The quantitative estimate of drug-likeness (QED) is 0.568. The van der Waals surface area contributed by atoms with Crippen LogP contribution in [0.25, 0.3) is 0 Å². The first-order chi connectivity index (χ1) is 5.36. The first-order valence-electron chi connectivity index (χ1n) is 3.39. The molecule has 1 aliphatic rings. The second kappa shape index (κ2) is 2.84. The van der Waals surface area contributed by atoms with E-state index in [0.717, 1.165) is 21.8 Å². The summed E-state index contributed by atoms with van der Waals surface area (Å²) in [5.41, 5.74) is 0.997. The molecule has 58 valence electrons. The van der Waals surface area contributed by atoms with Crippen LogP contribution < -0.4 is 10.1 Å². The lowest BCUT2D eigenvalue weighted by Gasteiger charge is -2.17. The summed E-state index contributed by atoms with van der Waals surface area (Å²) in [6.45, 7) is 1.58. The molecule has 0 unspecified atom stereocenters. The molecule has 1 aromatic heterocycles. The van der Waals surface area contributed by atoms with E-state index in [1.54, 1.807) is 0 Å². The number of rotatable bonds is 0. The summed E-state index contributed by atoms with van der Waals surface area (Å²) in [5, 5.41) is 3.20. The van der Waals surface area contributed by atoms with Crippen LogP contribution >= 0.6 is 22.6 Å². The first kappa shape index (κ1) is 7.15. The first-order valence-corrected chi connectivity index (χ1v) is 4.47. The third-order valence-corrected chi connectivity index (χ3v) is 2.08. The molecule has 0 aromatic carbocycles. The van der Waals surface area contributed by atoms with E-state index >= 15 is 0 Å². The van der Waals surface area contributed by atoms with E-state index in [-0.39, 0.29) is 0 Å². The summed E-state index contributed by atoms with van der Waals surface area (Å²) in [4.78, 5) is 4.22. The van der Waals surface area contributed by atoms with Crippen LogP contribution in [-0.2, 0) is 0 Å². The second-order valence-corrected chi connectivity index (χ2v) is 3.37. The van der Waals surface area contributed by atoms with Crippen LogP contribution in [0.3, 0.4) is 0 Å². The Morgan fingerprint density at radius 2 is 2.45 bits per heavy atom. The van der Waals surface area contributed by atoms with Crippen molar-refractivity contribution in [2.45, 2.75) is 0 Å². The van der Waals surface area contributed by atoms with Crippen LogP contribution in [0.15, 0.2) is 12.1 Å². The van der Waals surface area contributed by atoms with Crippen LogP contribution in [-0.4, -0.2) is 18.1 Å². The predicted molar refractivity (Wildman–Crippen MR) is 50.9 cm³/mol. The van der Waals surface area contributed by atoms with Gasteiger partial charge in [0.2, 0.25) is 5.88 Å². The van der Waals surface area contributed by atoms with Gasteiger partial charge in [-0.2, -0.15) is 0 Å². The van der Waals surface area contributed by atoms with E-state index in [0.29, 0.717) is 6.61 Å². The average Bonchev–Trinajstić information content (AvgIpc) is 2.04. The van der Waals surface area contributed by atoms with E-state index in [2.05, 4.69) is 32.9 Å². The molecule has 11 heavy (non-hydrogen) atoms. The summed E-state index contributed by atoms with van der Waals surface area (Å²) in [6.07, 6.45) is 0. The number of nitrogens with one attached hydrogen (secondary N) is 1. The molecule has 3 nitrogen and oxygen atoms in total. The zero-order chi connectivity index (χ0) is 7.68. The van der Waals surface area contributed by atoms with Gasteiger partial charge in [-0.05, 0) is 34.7 Å². The van der Waals surface area contributed by atoms with Crippen molar-refractivity contribution in [3.63, 3.8) is 0 Å². The van der Waals surface area contributed by atoms with Crippen molar-refractivity contribution in [3.8, 4) is 5.88 Å². The third kappa shape index (κ3) is 1.40. The molecule has 0 bridgehead atoms. The number of pyridine rings is 1. The number of anilines is 1. The van der Waals surface area contributed by atoms with Gasteiger partial charge in [0.05, 0.1) is 5.69 Å². The standard InChI is InChI=1S/C7H7IN2O/c8-6-2-1-5-7(10-6)11-4-3-9-5/h1-2,9H,3-4H2. The maximum atomic E-state index is 5.33. The zero-order valence-electron chi connectivity index (χ0n) is 5.80. The van der Waals surface area contributed by atoms with Crippen LogP contribution in [0.4, 0.5) is 5.69 Å². The Morgan fingerprint density at radius 3 is 3.36 bits per heavy atom. The Bertz CT molecular complexity index is 277. The van der Waals surface area contributed by atoms with Gasteiger partial charge in [0, 0.05) is 6.54 Å². The van der Waals surface area contributed by atoms with Crippen molar-refractivity contribution >= 4 is 28.3 Å². The van der Waals surface area contributed by atoms with Crippen molar-refractivity contribution < 1.29 is 4.74 Å². The van der Waals surface area contributed by atoms with Gasteiger partial charge in [-0.3, -0.25) is 0 Å². The molecule has 0 saturated heterocycles. The molecule has 2 rings (SSSR count). The van der Waals surface area contributed by atoms with Gasteiger partial charge < -0.3 is 10.1 Å². The smallest absolute Gasteiger partial charge is 0.238 e. The minimum absolute atomic E-state index is 0.708. The number of aromatic nitrogens is 1. The molecule has 0 amide bonds. The molecule has 4 heteroatoms. The molecule has 1 aliphatic heterocycles. The number of nitrogens with zero attached hydrogens (tertiary/aromatic N) is 1. The molecule has 0 radical (unpaired) electrons. The second-order valence-electron chi connectivity index (χ2n) is 2.26. The van der Waals surface area contributed by atoms with Crippen molar-refractivity contribution in [2.24, 2.45) is 0 Å². The van der Waals surface area contributed by atoms with E-state index < -0.39 is 0 Å². The van der Waals surface area contributed by atoms with Gasteiger partial charge in [-0.25, -0.2) is 4.98 Å². The lowest BCUT2D eigenvalue weighted by molar-refractivity contribution is 0.310. The number of halogens is 1. The largest absolute Gasteiger partial charge is 0.474 e. The minimum atomic E-state index is 0.708. The van der Waals surface area contributed by atoms with E-state index in [1.807, 2.05) is 12.1 Å². The zero-order valence-corrected chi connectivity index (χ0v) is 7.96. The number of hydrogen-bond acceptors (Lipinski definition) is 3. The average molecular weight is 262 g/mol. The van der Waals surface area contributed by atoms with E-state index in [9.17, 15) is 0 Å². The summed E-state index contributed by atoms with van der Waals surface area (Å²) >= 11 is 2.17. The molecule has 0 spiro atoms. The van der Waals surface area contributed by atoms with Crippen LogP contribution in [0.2, 0.25) is 0 Å². The molecule has 0 aliphatic carbocycles. The van der Waals surface area contributed by atoms with Gasteiger partial charge in [-0.1, -0.05) is 0 Å². The van der Waals surface area contributed by atoms with Gasteiger partial charge >= 0.3 is 0 Å². The third-order valence-electron chi connectivity index (χ3n) is 1.48. The van der Waals surface area contributed by atoms with Gasteiger partial charge in [0.25, 0.3) is 0 Å². The fraction of sp³-hybridized carbons (Fsp3) is 0.286. The van der Waals surface area contributed by atoms with Crippen molar-refractivity contribution in [1.82, 2.24) is 4.98 Å². The fourth-order valence-corrected chi connectivity index (χ4v) is 1.39. The summed E-state index contributed by atoms with van der Waals surface area (Å²) in [5.74, 6) is 0.725. The van der Waals surface area contributed by atoms with Gasteiger partial charge in [0.1, 0.15) is 10.3 Å². The Labute approximate surface area is 78.3 Å². The monoisotopic (exact) mass is 262 g/mol. The van der Waals surface area contributed by atoms with Crippen molar-refractivity contribution in [1.29, 1.82) is 0 Å². The molecule has 0 atom stereocenters. The number of ether oxygens (including phenoxy) is 1. The maximum absolute atomic E-state index is 5.33. The molecule has 1 aromatic rings. The van der Waals surface area contributed by atoms with Crippen LogP contribution in [0.5, 0.6) is 5.88 Å². The molecular weight excluding hydrogens is 255 g/mol. The van der Waals surface area contributed by atoms with Crippen LogP contribution in [0, 0.1) is 3.70 Å². The topological polar surface area (TPSA) is 34.1 Å². The lowest BCUT2D eigenvalue weighted by atomic mass is 10.4. The lowest BCUT2D eigenvalue weighted by Crippen LogP contribution is -2.18. The van der Waals surface area contributed by atoms with Gasteiger partial charge in [0.15, 0.2) is 0 Å². The SMILES string of the molecule is Ic1ccc2c(n1)OCCN2. The Hall–Kier alpha value is -0.520. The highest BCUT2D eigenvalue weighted by Gasteiger charge is 2.09. The molecule has 0 fully saturated rings. The number of hydrogen-bond donors (Lipinski definition) is 1. The molecular formula is C7H7IN2O. The normalized spacial score (nSPS) is 14.6. The van der Waals surface area contributed by atoms with E-state index in [1.165, 1.54) is 0 Å². The Balaban J connectivity index is 2.43. The van der Waals surface area contributed by atoms with E-state index in [4.69, 9.17) is 4.74 Å². The maximum Gasteiger partial charge on any atom is 0.238 e. The van der Waals surface area contributed by atoms with Crippen molar-refractivity contribution in [3.05, 3.63) is 15.8 Å².